The fourth-order valence-electron chi connectivity index (χ4n) is 7.34. The van der Waals surface area contributed by atoms with E-state index in [1.807, 2.05) is 12.4 Å². The summed E-state index contributed by atoms with van der Waals surface area (Å²) in [5.74, 6) is 5.05. The van der Waals surface area contributed by atoms with Crippen LogP contribution in [0.1, 0.15) is 101 Å². The molecule has 0 aliphatic carbocycles. The minimum absolute atomic E-state index is 0.400. The number of rotatable bonds is 8. The maximum Gasteiger partial charge on any atom is 0.137 e. The Morgan fingerprint density at radius 1 is 0.392 bits per heavy atom. The Labute approximate surface area is 300 Å². The van der Waals surface area contributed by atoms with Crippen LogP contribution in [0.15, 0.2) is 109 Å². The standard InChI is InChI=1S/C46H46N4O/c1-27(2)31-9-15-41-39(21-31)37-13-11-35(25-43(37)49(41)45-23-33(29(5)6)17-19-47-45)51-36-12-14-38-40-22-32(28(3)4)10-16-42(40)50(44(38)26-36)46-24-34(30(7)8)18-20-48-46/h9-30H,1-8H3. The lowest BCUT2D eigenvalue weighted by atomic mass is 10.0. The van der Waals surface area contributed by atoms with Crippen molar-refractivity contribution in [3.05, 3.63) is 132 Å². The van der Waals surface area contributed by atoms with Gasteiger partial charge in [-0.05, 0) is 119 Å². The number of pyridine rings is 2. The second kappa shape index (κ2) is 12.7. The third-order valence-corrected chi connectivity index (χ3v) is 10.4. The molecule has 0 amide bonds. The molecule has 4 aromatic heterocycles. The molecule has 0 saturated heterocycles. The average Bonchev–Trinajstić information content (AvgIpc) is 3.62. The Bertz CT molecular complexity index is 2400. The van der Waals surface area contributed by atoms with Crippen molar-refractivity contribution in [2.24, 2.45) is 0 Å². The molecule has 256 valence electrons. The van der Waals surface area contributed by atoms with Gasteiger partial charge in [-0.2, -0.15) is 0 Å². The van der Waals surface area contributed by atoms with Gasteiger partial charge < -0.3 is 4.74 Å². The van der Waals surface area contributed by atoms with Crippen LogP contribution in [-0.4, -0.2) is 19.1 Å². The predicted octanol–water partition coefficient (Wildman–Crippen LogP) is 13.0. The Morgan fingerprint density at radius 2 is 0.784 bits per heavy atom. The lowest BCUT2D eigenvalue weighted by Crippen LogP contribution is -2.00. The number of hydrogen-bond donors (Lipinski definition) is 0. The van der Waals surface area contributed by atoms with Crippen molar-refractivity contribution in [2.75, 3.05) is 0 Å². The van der Waals surface area contributed by atoms with E-state index in [9.17, 15) is 0 Å². The zero-order chi connectivity index (χ0) is 35.6. The van der Waals surface area contributed by atoms with Crippen LogP contribution in [0.5, 0.6) is 11.5 Å². The van der Waals surface area contributed by atoms with Gasteiger partial charge >= 0.3 is 0 Å². The summed E-state index contributed by atoms with van der Waals surface area (Å²) in [4.78, 5) is 9.75. The molecule has 0 aliphatic heterocycles. The SMILES string of the molecule is CC(C)c1ccnc(-n2c3ccc(C(C)C)cc3c3ccc(Oc4ccc5c6cc(C(C)C)ccc6n(-c6cc(C(C)C)ccn6)c5c4)cc32)c1. The molecule has 8 rings (SSSR count). The molecule has 51 heavy (non-hydrogen) atoms. The van der Waals surface area contributed by atoms with Crippen LogP contribution in [-0.2, 0) is 0 Å². The molecule has 0 unspecified atom stereocenters. The summed E-state index contributed by atoms with van der Waals surface area (Å²) in [6, 6.07) is 35.2. The van der Waals surface area contributed by atoms with Gasteiger partial charge in [0.2, 0.25) is 0 Å². The molecular weight excluding hydrogens is 625 g/mol. The highest BCUT2D eigenvalue weighted by Crippen LogP contribution is 2.39. The van der Waals surface area contributed by atoms with Crippen molar-refractivity contribution in [2.45, 2.75) is 79.1 Å². The summed E-state index contributed by atoms with van der Waals surface area (Å²) in [7, 11) is 0. The molecule has 0 N–H and O–H groups in total. The van der Waals surface area contributed by atoms with Gasteiger partial charge in [-0.25, -0.2) is 9.97 Å². The molecule has 4 aromatic carbocycles. The van der Waals surface area contributed by atoms with E-state index in [1.54, 1.807) is 0 Å². The molecule has 8 aromatic rings. The predicted molar refractivity (Wildman–Crippen MR) is 214 cm³/mol. The second-order valence-corrected chi connectivity index (χ2v) is 15.2. The Hall–Kier alpha value is -5.42. The summed E-state index contributed by atoms with van der Waals surface area (Å²) >= 11 is 0. The Balaban J connectivity index is 1.29. The van der Waals surface area contributed by atoms with Crippen LogP contribution in [0, 0.1) is 0 Å². The van der Waals surface area contributed by atoms with Gasteiger partial charge in [0.1, 0.15) is 23.1 Å². The van der Waals surface area contributed by atoms with E-state index in [-0.39, 0.29) is 0 Å². The summed E-state index contributed by atoms with van der Waals surface area (Å²) in [6.45, 7) is 17.9. The van der Waals surface area contributed by atoms with E-state index in [0.717, 1.165) is 45.2 Å². The maximum absolute atomic E-state index is 6.75. The average molecular weight is 671 g/mol. The lowest BCUT2D eigenvalue weighted by molar-refractivity contribution is 0.484. The molecule has 5 nitrogen and oxygen atoms in total. The first-order valence-electron chi connectivity index (χ1n) is 18.3. The summed E-state index contributed by atoms with van der Waals surface area (Å²) in [5, 5.41) is 4.82. The van der Waals surface area contributed by atoms with Gasteiger partial charge in [0.05, 0.1) is 22.1 Å². The van der Waals surface area contributed by atoms with E-state index < -0.39 is 0 Å². The number of hydrogen-bond acceptors (Lipinski definition) is 3. The third kappa shape index (κ3) is 5.75. The molecule has 0 atom stereocenters. The maximum atomic E-state index is 6.75. The molecule has 0 fully saturated rings. The monoisotopic (exact) mass is 670 g/mol. The minimum Gasteiger partial charge on any atom is -0.457 e. The van der Waals surface area contributed by atoms with Crippen LogP contribution in [0.3, 0.4) is 0 Å². The quantitative estimate of drug-likeness (QED) is 0.162. The molecule has 4 heterocycles. The number of fused-ring (bicyclic) bond motifs is 6. The Morgan fingerprint density at radius 3 is 1.18 bits per heavy atom. The van der Waals surface area contributed by atoms with Gasteiger partial charge in [0, 0.05) is 46.1 Å². The number of aromatic nitrogens is 4. The molecule has 5 heteroatoms. The molecule has 0 saturated carbocycles. The van der Waals surface area contributed by atoms with Gasteiger partial charge in [0.25, 0.3) is 0 Å². The zero-order valence-corrected chi connectivity index (χ0v) is 30.9. The first kappa shape index (κ1) is 32.8. The van der Waals surface area contributed by atoms with Crippen LogP contribution < -0.4 is 4.74 Å². The normalized spacial score (nSPS) is 12.2. The Kier molecular flexibility index (Phi) is 8.17. The number of benzene rings is 4. The molecule has 0 spiro atoms. The lowest BCUT2D eigenvalue weighted by Gasteiger charge is -2.13. The topological polar surface area (TPSA) is 44.9 Å². The summed E-state index contributed by atoms with van der Waals surface area (Å²) < 4.78 is 11.3. The van der Waals surface area contributed by atoms with Crippen LogP contribution in [0.4, 0.5) is 0 Å². The zero-order valence-electron chi connectivity index (χ0n) is 30.9. The minimum atomic E-state index is 0.400. The highest BCUT2D eigenvalue weighted by Gasteiger charge is 2.19. The van der Waals surface area contributed by atoms with Crippen molar-refractivity contribution >= 4 is 43.6 Å². The summed E-state index contributed by atoms with van der Waals surface area (Å²) in [6.07, 6.45) is 3.85. The van der Waals surface area contributed by atoms with Gasteiger partial charge in [0.15, 0.2) is 0 Å². The molecule has 0 aliphatic rings. The molecule has 0 radical (unpaired) electrons. The second-order valence-electron chi connectivity index (χ2n) is 15.2. The van der Waals surface area contributed by atoms with Crippen molar-refractivity contribution in [1.29, 1.82) is 0 Å². The van der Waals surface area contributed by atoms with Crippen molar-refractivity contribution < 1.29 is 4.74 Å². The van der Waals surface area contributed by atoms with Crippen LogP contribution in [0.2, 0.25) is 0 Å². The van der Waals surface area contributed by atoms with Crippen LogP contribution >= 0.6 is 0 Å². The number of nitrogens with zero attached hydrogens (tertiary/aromatic N) is 4. The van der Waals surface area contributed by atoms with E-state index in [1.165, 1.54) is 43.8 Å². The largest absolute Gasteiger partial charge is 0.457 e. The molecule has 0 bridgehead atoms. The third-order valence-electron chi connectivity index (χ3n) is 10.4. The highest BCUT2D eigenvalue weighted by molar-refractivity contribution is 6.11. The van der Waals surface area contributed by atoms with Crippen molar-refractivity contribution in [1.82, 2.24) is 19.1 Å². The first-order chi connectivity index (χ1) is 24.6. The van der Waals surface area contributed by atoms with Crippen molar-refractivity contribution in [3.8, 4) is 23.1 Å². The van der Waals surface area contributed by atoms with Crippen molar-refractivity contribution in [3.63, 3.8) is 0 Å². The van der Waals surface area contributed by atoms with Gasteiger partial charge in [-0.3, -0.25) is 9.13 Å². The van der Waals surface area contributed by atoms with E-state index in [2.05, 4.69) is 162 Å². The summed E-state index contributed by atoms with van der Waals surface area (Å²) in [5.41, 5.74) is 9.60. The van der Waals surface area contributed by atoms with E-state index >= 15 is 0 Å². The van der Waals surface area contributed by atoms with E-state index in [0.29, 0.717) is 23.7 Å². The highest BCUT2D eigenvalue weighted by atomic mass is 16.5. The van der Waals surface area contributed by atoms with E-state index in [4.69, 9.17) is 14.7 Å². The fraction of sp³-hybridized carbons (Fsp3) is 0.261. The van der Waals surface area contributed by atoms with Gasteiger partial charge in [-0.15, -0.1) is 0 Å². The smallest absolute Gasteiger partial charge is 0.137 e. The first-order valence-corrected chi connectivity index (χ1v) is 18.3. The van der Waals surface area contributed by atoms with Gasteiger partial charge in [-0.1, -0.05) is 67.5 Å². The molecular formula is C46H46N4O. The fourth-order valence-corrected chi connectivity index (χ4v) is 7.34. The van der Waals surface area contributed by atoms with Crippen LogP contribution in [0.25, 0.3) is 55.2 Å². The number of ether oxygens (including phenoxy) is 1.